The molecule has 0 saturated carbocycles. The fourth-order valence-corrected chi connectivity index (χ4v) is 1.93. The van der Waals surface area contributed by atoms with E-state index < -0.39 is 0 Å². The molecule has 1 aliphatic heterocycles. The molecule has 2 rings (SSSR count). The highest BCUT2D eigenvalue weighted by Gasteiger charge is 2.17. The number of carbonyl (C=O) groups excluding carboxylic acids is 1. The Hall–Kier alpha value is -2.22. The maximum absolute atomic E-state index is 11.5. The molecule has 1 aliphatic rings. The molecule has 5 nitrogen and oxygen atoms in total. The monoisotopic (exact) mass is 230 g/mol. The van der Waals surface area contributed by atoms with Crippen LogP contribution < -0.4 is 16.0 Å². The van der Waals surface area contributed by atoms with Crippen LogP contribution in [-0.4, -0.2) is 25.5 Å². The van der Waals surface area contributed by atoms with Gasteiger partial charge in [-0.25, -0.2) is 0 Å². The molecule has 0 unspecified atom stereocenters. The third-order valence-corrected chi connectivity index (χ3v) is 2.74. The summed E-state index contributed by atoms with van der Waals surface area (Å²) in [7, 11) is 0. The number of nitrogens with two attached hydrogens (primary N) is 1. The van der Waals surface area contributed by atoms with Gasteiger partial charge in [0.2, 0.25) is 5.91 Å². The lowest BCUT2D eigenvalue weighted by atomic mass is 10.1. The standard InChI is InChI=1S/C12H14N4O/c13-7-9-6-10(14)2-3-11(9)16-5-1-4-15-12(17)8-16/h2-3,6H,1,4-5,8,14H2,(H,15,17). The van der Waals surface area contributed by atoms with Gasteiger partial charge in [0.15, 0.2) is 0 Å². The van der Waals surface area contributed by atoms with Gasteiger partial charge in [-0.15, -0.1) is 0 Å². The summed E-state index contributed by atoms with van der Waals surface area (Å²) in [6.07, 6.45) is 0.876. The van der Waals surface area contributed by atoms with Gasteiger partial charge in [-0.05, 0) is 24.6 Å². The number of rotatable bonds is 1. The minimum atomic E-state index is -0.0109. The fraction of sp³-hybridized carbons (Fsp3) is 0.333. The normalized spacial score (nSPS) is 15.9. The van der Waals surface area contributed by atoms with Crippen LogP contribution in [0, 0.1) is 11.3 Å². The average Bonchev–Trinajstić information content (AvgIpc) is 2.53. The van der Waals surface area contributed by atoms with E-state index in [2.05, 4.69) is 11.4 Å². The highest BCUT2D eigenvalue weighted by atomic mass is 16.2. The van der Waals surface area contributed by atoms with Crippen molar-refractivity contribution >= 4 is 17.3 Å². The van der Waals surface area contributed by atoms with Crippen LogP contribution in [-0.2, 0) is 4.79 Å². The van der Waals surface area contributed by atoms with Crippen molar-refractivity contribution in [2.24, 2.45) is 0 Å². The summed E-state index contributed by atoms with van der Waals surface area (Å²) in [6, 6.07) is 7.30. The van der Waals surface area contributed by atoms with E-state index in [0.29, 0.717) is 24.3 Å². The lowest BCUT2D eigenvalue weighted by Gasteiger charge is -2.22. The topological polar surface area (TPSA) is 82.2 Å². The zero-order valence-corrected chi connectivity index (χ0v) is 9.44. The van der Waals surface area contributed by atoms with E-state index in [-0.39, 0.29) is 5.91 Å². The molecule has 0 spiro atoms. The van der Waals surface area contributed by atoms with E-state index in [1.165, 1.54) is 0 Å². The summed E-state index contributed by atoms with van der Waals surface area (Å²) in [5.74, 6) is -0.0109. The minimum Gasteiger partial charge on any atom is -0.399 e. The lowest BCUT2D eigenvalue weighted by Crippen LogP contribution is -2.33. The molecule has 1 aromatic rings. The number of nitrogens with zero attached hydrogens (tertiary/aromatic N) is 2. The van der Waals surface area contributed by atoms with Crippen molar-refractivity contribution in [3.05, 3.63) is 23.8 Å². The van der Waals surface area contributed by atoms with Crippen LogP contribution in [0.4, 0.5) is 11.4 Å². The van der Waals surface area contributed by atoms with Gasteiger partial charge in [0.1, 0.15) is 6.07 Å². The Bertz CT molecular complexity index is 478. The smallest absolute Gasteiger partial charge is 0.239 e. The third kappa shape index (κ3) is 2.48. The summed E-state index contributed by atoms with van der Waals surface area (Å²) in [6.45, 7) is 1.74. The maximum atomic E-state index is 11.5. The lowest BCUT2D eigenvalue weighted by molar-refractivity contribution is -0.119. The first-order valence-corrected chi connectivity index (χ1v) is 5.52. The molecule has 0 atom stereocenters. The Morgan fingerprint density at radius 3 is 3.06 bits per heavy atom. The number of benzene rings is 1. The van der Waals surface area contributed by atoms with Gasteiger partial charge in [0, 0.05) is 18.8 Å². The summed E-state index contributed by atoms with van der Waals surface area (Å²) < 4.78 is 0. The summed E-state index contributed by atoms with van der Waals surface area (Å²) in [5.41, 5.74) is 7.49. The molecule has 3 N–H and O–H groups in total. The van der Waals surface area contributed by atoms with Crippen LogP contribution in [0.5, 0.6) is 0 Å². The van der Waals surface area contributed by atoms with Crippen molar-refractivity contribution in [3.8, 4) is 6.07 Å². The van der Waals surface area contributed by atoms with E-state index in [0.717, 1.165) is 18.7 Å². The second-order valence-electron chi connectivity index (χ2n) is 4.01. The first-order chi connectivity index (χ1) is 8.20. The van der Waals surface area contributed by atoms with E-state index in [4.69, 9.17) is 11.0 Å². The van der Waals surface area contributed by atoms with Gasteiger partial charge < -0.3 is 16.0 Å². The highest BCUT2D eigenvalue weighted by Crippen LogP contribution is 2.23. The van der Waals surface area contributed by atoms with E-state index in [1.54, 1.807) is 18.2 Å². The number of hydrogen-bond acceptors (Lipinski definition) is 4. The van der Waals surface area contributed by atoms with Crippen LogP contribution in [0.2, 0.25) is 0 Å². The van der Waals surface area contributed by atoms with Crippen LogP contribution in [0.15, 0.2) is 18.2 Å². The number of hydrogen-bond donors (Lipinski definition) is 2. The van der Waals surface area contributed by atoms with Gasteiger partial charge in [0.25, 0.3) is 0 Å². The molecule has 5 heteroatoms. The van der Waals surface area contributed by atoms with Gasteiger partial charge in [-0.1, -0.05) is 0 Å². The Morgan fingerprint density at radius 2 is 2.29 bits per heavy atom. The Morgan fingerprint density at radius 1 is 1.47 bits per heavy atom. The van der Waals surface area contributed by atoms with E-state index in [9.17, 15) is 4.79 Å². The number of carbonyl (C=O) groups is 1. The fourth-order valence-electron chi connectivity index (χ4n) is 1.93. The summed E-state index contributed by atoms with van der Waals surface area (Å²) in [4.78, 5) is 13.4. The van der Waals surface area contributed by atoms with Crippen LogP contribution in [0.1, 0.15) is 12.0 Å². The van der Waals surface area contributed by atoms with Gasteiger partial charge in [-0.2, -0.15) is 5.26 Å². The number of anilines is 2. The first-order valence-electron chi connectivity index (χ1n) is 5.52. The number of nitriles is 1. The molecule has 0 radical (unpaired) electrons. The second kappa shape index (κ2) is 4.74. The highest BCUT2D eigenvalue weighted by molar-refractivity contribution is 5.82. The second-order valence-corrected chi connectivity index (χ2v) is 4.01. The largest absolute Gasteiger partial charge is 0.399 e. The molecule has 1 aromatic carbocycles. The molecule has 1 fully saturated rings. The number of nitrogen functional groups attached to an aromatic ring is 1. The van der Waals surface area contributed by atoms with Gasteiger partial charge >= 0.3 is 0 Å². The molecule has 0 aromatic heterocycles. The molecule has 1 amide bonds. The molecular weight excluding hydrogens is 216 g/mol. The van der Waals surface area contributed by atoms with Crippen molar-refractivity contribution in [2.75, 3.05) is 30.3 Å². The molecule has 88 valence electrons. The van der Waals surface area contributed by atoms with Crippen molar-refractivity contribution in [1.82, 2.24) is 5.32 Å². The Labute approximate surface area is 99.8 Å². The van der Waals surface area contributed by atoms with Gasteiger partial charge in [0.05, 0.1) is 17.8 Å². The average molecular weight is 230 g/mol. The maximum Gasteiger partial charge on any atom is 0.239 e. The number of amides is 1. The molecule has 0 aliphatic carbocycles. The predicted octanol–water partition coefficient (Wildman–Crippen LogP) is 0.467. The van der Waals surface area contributed by atoms with Crippen molar-refractivity contribution in [1.29, 1.82) is 5.26 Å². The summed E-state index contributed by atoms with van der Waals surface area (Å²) >= 11 is 0. The number of nitrogens with one attached hydrogen (secondary N) is 1. The van der Waals surface area contributed by atoms with Crippen molar-refractivity contribution < 1.29 is 4.79 Å². The predicted molar refractivity (Wildman–Crippen MR) is 65.4 cm³/mol. The SMILES string of the molecule is N#Cc1cc(N)ccc1N1CCCNC(=O)C1. The molecule has 0 bridgehead atoms. The molecule has 1 saturated heterocycles. The molecule has 1 heterocycles. The molecular formula is C12H14N4O. The van der Waals surface area contributed by atoms with Crippen molar-refractivity contribution in [2.45, 2.75) is 6.42 Å². The zero-order valence-electron chi connectivity index (χ0n) is 9.44. The quantitative estimate of drug-likeness (QED) is 0.687. The van der Waals surface area contributed by atoms with Crippen LogP contribution >= 0.6 is 0 Å². The van der Waals surface area contributed by atoms with E-state index >= 15 is 0 Å². The van der Waals surface area contributed by atoms with Crippen LogP contribution in [0.25, 0.3) is 0 Å². The zero-order chi connectivity index (χ0) is 12.3. The minimum absolute atomic E-state index is 0.0109. The van der Waals surface area contributed by atoms with Crippen molar-refractivity contribution in [3.63, 3.8) is 0 Å². The Balaban J connectivity index is 2.32. The van der Waals surface area contributed by atoms with Crippen LogP contribution in [0.3, 0.4) is 0 Å². The van der Waals surface area contributed by atoms with Gasteiger partial charge in [-0.3, -0.25) is 4.79 Å². The molecule has 17 heavy (non-hydrogen) atoms. The Kier molecular flexibility index (Phi) is 3.15. The first kappa shape index (κ1) is 11.3. The van der Waals surface area contributed by atoms with E-state index in [1.807, 2.05) is 4.90 Å². The third-order valence-electron chi connectivity index (χ3n) is 2.74. The summed E-state index contributed by atoms with van der Waals surface area (Å²) in [5, 5.41) is 11.9.